The first-order valence-electron chi connectivity index (χ1n) is 5.12. The lowest BCUT2D eigenvalue weighted by molar-refractivity contribution is -0.390. The molecule has 1 aromatic rings. The zero-order valence-electron chi connectivity index (χ0n) is 8.63. The van der Waals surface area contributed by atoms with Crippen molar-refractivity contribution in [1.82, 2.24) is 9.78 Å². The largest absolute Gasteiger partial charge is 0.394 e. The van der Waals surface area contributed by atoms with Gasteiger partial charge in [-0.05, 0) is 24.2 Å². The molecule has 1 atom stereocenters. The number of aromatic nitrogens is 2. The Morgan fingerprint density at radius 1 is 1.69 bits per heavy atom. The molecule has 88 valence electrons. The van der Waals surface area contributed by atoms with Gasteiger partial charge in [-0.1, -0.05) is 15.9 Å². The minimum absolute atomic E-state index is 0.0916. The molecule has 16 heavy (non-hydrogen) atoms. The summed E-state index contributed by atoms with van der Waals surface area (Å²) in [6.45, 7) is 0.696. The third-order valence-electron chi connectivity index (χ3n) is 2.55. The van der Waals surface area contributed by atoms with E-state index in [1.165, 1.54) is 0 Å². The van der Waals surface area contributed by atoms with E-state index in [-0.39, 0.29) is 12.0 Å². The number of nitrogens with zero attached hydrogens (tertiary/aromatic N) is 3. The van der Waals surface area contributed by atoms with Gasteiger partial charge in [0.15, 0.2) is 6.23 Å². The average Bonchev–Trinajstić information content (AvgIpc) is 2.74. The van der Waals surface area contributed by atoms with Gasteiger partial charge in [-0.2, -0.15) is 4.68 Å². The van der Waals surface area contributed by atoms with Gasteiger partial charge >= 0.3 is 5.82 Å². The van der Waals surface area contributed by atoms with Crippen LogP contribution >= 0.6 is 15.9 Å². The number of rotatable bonds is 3. The van der Waals surface area contributed by atoms with Crippen LogP contribution in [-0.2, 0) is 10.1 Å². The Kier molecular flexibility index (Phi) is 3.55. The van der Waals surface area contributed by atoms with E-state index in [1.54, 1.807) is 10.9 Å². The normalized spacial score (nSPS) is 20.9. The van der Waals surface area contributed by atoms with Gasteiger partial charge in [0.2, 0.25) is 0 Å². The summed E-state index contributed by atoms with van der Waals surface area (Å²) in [5.41, 5.74) is 0.583. The van der Waals surface area contributed by atoms with E-state index in [1.807, 2.05) is 0 Å². The van der Waals surface area contributed by atoms with Crippen LogP contribution in [0.2, 0.25) is 0 Å². The fraction of sp³-hybridized carbons (Fsp3) is 0.667. The molecule has 1 aromatic heterocycles. The fourth-order valence-electron chi connectivity index (χ4n) is 1.75. The Balaban J connectivity index is 2.24. The summed E-state index contributed by atoms with van der Waals surface area (Å²) in [7, 11) is 0. The van der Waals surface area contributed by atoms with E-state index in [4.69, 9.17) is 4.74 Å². The van der Waals surface area contributed by atoms with Gasteiger partial charge in [-0.25, -0.2) is 0 Å². The van der Waals surface area contributed by atoms with Gasteiger partial charge in [0, 0.05) is 11.9 Å². The Bertz CT molecular complexity index is 387. The van der Waals surface area contributed by atoms with Crippen LogP contribution in [0.3, 0.4) is 0 Å². The monoisotopic (exact) mass is 289 g/mol. The summed E-state index contributed by atoms with van der Waals surface area (Å²) in [5, 5.41) is 15.1. The molecule has 0 unspecified atom stereocenters. The molecule has 2 heterocycles. The maximum atomic E-state index is 10.7. The van der Waals surface area contributed by atoms with Crippen molar-refractivity contribution in [2.24, 2.45) is 0 Å². The van der Waals surface area contributed by atoms with Crippen LogP contribution in [0.15, 0.2) is 6.20 Å². The summed E-state index contributed by atoms with van der Waals surface area (Å²) in [4.78, 5) is 10.3. The molecule has 0 aliphatic carbocycles. The molecule has 0 N–H and O–H groups in total. The fourth-order valence-corrected chi connectivity index (χ4v) is 2.14. The Labute approximate surface area is 101 Å². The topological polar surface area (TPSA) is 70.2 Å². The number of halogens is 1. The van der Waals surface area contributed by atoms with E-state index >= 15 is 0 Å². The molecule has 1 fully saturated rings. The number of ether oxygens (including phenoxy) is 1. The van der Waals surface area contributed by atoms with Crippen molar-refractivity contribution in [1.29, 1.82) is 0 Å². The van der Waals surface area contributed by atoms with Crippen molar-refractivity contribution in [3.05, 3.63) is 21.9 Å². The van der Waals surface area contributed by atoms with E-state index in [0.717, 1.165) is 19.3 Å². The highest BCUT2D eigenvalue weighted by Crippen LogP contribution is 2.26. The predicted molar refractivity (Wildman–Crippen MR) is 60.4 cm³/mol. The zero-order valence-corrected chi connectivity index (χ0v) is 10.2. The second kappa shape index (κ2) is 4.92. The average molecular weight is 290 g/mol. The highest BCUT2D eigenvalue weighted by Gasteiger charge is 2.25. The molecule has 0 saturated carbocycles. The van der Waals surface area contributed by atoms with Crippen LogP contribution < -0.4 is 0 Å². The predicted octanol–water partition coefficient (Wildman–Crippen LogP) is 2.39. The summed E-state index contributed by atoms with van der Waals surface area (Å²) in [5.74, 6) is -0.0916. The molecule has 1 aliphatic heterocycles. The van der Waals surface area contributed by atoms with Crippen molar-refractivity contribution >= 4 is 21.7 Å². The molecular weight excluding hydrogens is 278 g/mol. The molecular formula is C9H12BrN3O3. The van der Waals surface area contributed by atoms with Crippen LogP contribution in [0.4, 0.5) is 5.82 Å². The lowest BCUT2D eigenvalue weighted by Gasteiger charge is -2.20. The van der Waals surface area contributed by atoms with Gasteiger partial charge in [0.05, 0.1) is 16.9 Å². The first-order valence-corrected chi connectivity index (χ1v) is 6.24. The van der Waals surface area contributed by atoms with Crippen molar-refractivity contribution in [3.63, 3.8) is 0 Å². The van der Waals surface area contributed by atoms with Crippen LogP contribution in [0.5, 0.6) is 0 Å². The summed E-state index contributed by atoms with van der Waals surface area (Å²) in [6.07, 6.45) is 4.51. The van der Waals surface area contributed by atoms with Gasteiger partial charge < -0.3 is 14.9 Å². The van der Waals surface area contributed by atoms with Crippen molar-refractivity contribution < 1.29 is 9.66 Å². The number of nitro groups is 1. The summed E-state index contributed by atoms with van der Waals surface area (Å²) in [6, 6.07) is 0. The lowest BCUT2D eigenvalue weighted by atomic mass is 10.2. The summed E-state index contributed by atoms with van der Waals surface area (Å²) >= 11 is 3.22. The van der Waals surface area contributed by atoms with Crippen LogP contribution in [0.25, 0.3) is 0 Å². The molecule has 0 amide bonds. The SMILES string of the molecule is O=[N+]([O-])c1nn([C@H]2CCCCO2)cc1CBr. The smallest absolute Gasteiger partial charge is 0.358 e. The second-order valence-corrected chi connectivity index (χ2v) is 4.23. The number of hydrogen-bond acceptors (Lipinski definition) is 4. The standard InChI is InChI=1S/C9H12BrN3O3/c10-5-7-6-12(11-9(7)13(14)15)8-3-1-2-4-16-8/h6,8H,1-5H2/t8-/m1/s1. The van der Waals surface area contributed by atoms with Gasteiger partial charge in [0.25, 0.3) is 0 Å². The second-order valence-electron chi connectivity index (χ2n) is 3.67. The van der Waals surface area contributed by atoms with Crippen LogP contribution in [-0.4, -0.2) is 21.3 Å². The third-order valence-corrected chi connectivity index (χ3v) is 3.16. The quantitative estimate of drug-likeness (QED) is 0.487. The van der Waals surface area contributed by atoms with Crippen LogP contribution in [0.1, 0.15) is 31.1 Å². The molecule has 7 heteroatoms. The van der Waals surface area contributed by atoms with Crippen molar-refractivity contribution in [2.45, 2.75) is 30.8 Å². The molecule has 2 rings (SSSR count). The van der Waals surface area contributed by atoms with E-state index in [2.05, 4.69) is 21.0 Å². The van der Waals surface area contributed by atoms with Gasteiger partial charge in [-0.15, -0.1) is 0 Å². The molecule has 0 radical (unpaired) electrons. The molecule has 6 nitrogen and oxygen atoms in total. The lowest BCUT2D eigenvalue weighted by Crippen LogP contribution is -2.18. The van der Waals surface area contributed by atoms with Gasteiger partial charge in [0.1, 0.15) is 0 Å². The van der Waals surface area contributed by atoms with E-state index in [0.29, 0.717) is 17.5 Å². The molecule has 0 aromatic carbocycles. The molecule has 0 spiro atoms. The maximum Gasteiger partial charge on any atom is 0.394 e. The minimum atomic E-state index is -0.462. The molecule has 1 aliphatic rings. The van der Waals surface area contributed by atoms with Crippen molar-refractivity contribution in [2.75, 3.05) is 6.61 Å². The Hall–Kier alpha value is -0.950. The molecule has 0 bridgehead atoms. The van der Waals surface area contributed by atoms with E-state index in [9.17, 15) is 10.1 Å². The highest BCUT2D eigenvalue weighted by molar-refractivity contribution is 9.08. The Morgan fingerprint density at radius 2 is 2.50 bits per heavy atom. The van der Waals surface area contributed by atoms with Crippen LogP contribution in [0, 0.1) is 10.1 Å². The van der Waals surface area contributed by atoms with Crippen molar-refractivity contribution in [3.8, 4) is 0 Å². The first kappa shape index (κ1) is 11.5. The number of hydrogen-bond donors (Lipinski definition) is 0. The van der Waals surface area contributed by atoms with E-state index < -0.39 is 4.92 Å². The third kappa shape index (κ3) is 2.25. The Morgan fingerprint density at radius 3 is 3.00 bits per heavy atom. The number of alkyl halides is 1. The maximum absolute atomic E-state index is 10.7. The summed E-state index contributed by atoms with van der Waals surface area (Å²) < 4.78 is 7.08. The highest BCUT2D eigenvalue weighted by atomic mass is 79.9. The van der Waals surface area contributed by atoms with Gasteiger partial charge in [-0.3, -0.25) is 0 Å². The first-order chi connectivity index (χ1) is 7.72. The zero-order chi connectivity index (χ0) is 11.5. The molecule has 1 saturated heterocycles. The minimum Gasteiger partial charge on any atom is -0.358 e.